The number of urea groups is 1. The molecule has 1 aromatic rings. The third-order valence-electron chi connectivity index (χ3n) is 3.49. The van der Waals surface area contributed by atoms with Gasteiger partial charge in [-0.3, -0.25) is 0 Å². The van der Waals surface area contributed by atoms with Crippen LogP contribution in [0.3, 0.4) is 0 Å². The molecule has 0 spiro atoms. The average molecular weight is 313 g/mol. The molecule has 0 saturated carbocycles. The fourth-order valence-electron chi connectivity index (χ4n) is 2.35. The second kappa shape index (κ2) is 7.70. The lowest BCUT2D eigenvalue weighted by Crippen LogP contribution is -2.37. The Balaban J connectivity index is 1.68. The molecule has 1 aliphatic carbocycles. The lowest BCUT2D eigenvalue weighted by molar-refractivity contribution is 0.238. The Morgan fingerprint density at radius 2 is 2.30 bits per heavy atom. The van der Waals surface area contributed by atoms with E-state index < -0.39 is 0 Å². The van der Waals surface area contributed by atoms with Gasteiger partial charge in [-0.1, -0.05) is 23.3 Å². The first-order valence-electron chi connectivity index (χ1n) is 7.12. The van der Waals surface area contributed by atoms with E-state index in [4.69, 9.17) is 11.6 Å². The molecule has 0 bridgehead atoms. The molecule has 1 atom stereocenters. The predicted molar refractivity (Wildman–Crippen MR) is 85.4 cm³/mol. The maximum atomic E-state index is 11.8. The Bertz CT molecular complexity index is 484. The van der Waals surface area contributed by atoms with E-state index >= 15 is 0 Å². The number of nitrogens with one attached hydrogen (secondary N) is 2. The summed E-state index contributed by atoms with van der Waals surface area (Å²) in [6, 6.07) is 3.68. The van der Waals surface area contributed by atoms with Gasteiger partial charge in [-0.05, 0) is 51.2 Å². The number of amides is 2. The number of hydrogen-bond acceptors (Lipinski definition) is 2. The first kappa shape index (κ1) is 15.4. The molecule has 0 aromatic carbocycles. The molecule has 1 unspecified atom stereocenters. The standard InChI is InChI=1S/C15H21ClN2OS/c1-11(13-7-8-14(16)20-13)18-15(19)17-10-9-12-5-3-2-4-6-12/h5,7-8,11H,2-4,6,9-10H2,1H3,(H2,17,18,19). The number of thiophene rings is 1. The summed E-state index contributed by atoms with van der Waals surface area (Å²) in [5, 5.41) is 5.85. The zero-order chi connectivity index (χ0) is 14.4. The summed E-state index contributed by atoms with van der Waals surface area (Å²) in [6.45, 7) is 2.67. The van der Waals surface area contributed by atoms with Crippen LogP contribution in [-0.2, 0) is 0 Å². The van der Waals surface area contributed by atoms with Crippen molar-refractivity contribution >= 4 is 29.0 Å². The van der Waals surface area contributed by atoms with Gasteiger partial charge in [0.05, 0.1) is 10.4 Å². The van der Waals surface area contributed by atoms with Crippen LogP contribution < -0.4 is 10.6 Å². The minimum absolute atomic E-state index is 0.0126. The van der Waals surface area contributed by atoms with Crippen molar-refractivity contribution in [3.8, 4) is 0 Å². The zero-order valence-electron chi connectivity index (χ0n) is 11.7. The molecular weight excluding hydrogens is 292 g/mol. The largest absolute Gasteiger partial charge is 0.338 e. The van der Waals surface area contributed by atoms with Gasteiger partial charge in [0.1, 0.15) is 0 Å². The van der Waals surface area contributed by atoms with Gasteiger partial charge in [-0.15, -0.1) is 11.3 Å². The van der Waals surface area contributed by atoms with Crippen molar-refractivity contribution in [2.75, 3.05) is 6.54 Å². The van der Waals surface area contributed by atoms with E-state index in [1.54, 1.807) is 0 Å². The molecule has 0 fully saturated rings. The molecule has 5 heteroatoms. The molecule has 20 heavy (non-hydrogen) atoms. The number of carbonyl (C=O) groups is 1. The number of carbonyl (C=O) groups excluding carboxylic acids is 1. The van der Waals surface area contributed by atoms with Crippen LogP contribution in [-0.4, -0.2) is 12.6 Å². The summed E-state index contributed by atoms with van der Waals surface area (Å²) in [5.74, 6) is 0. The molecule has 1 heterocycles. The molecule has 0 aliphatic heterocycles. The first-order chi connectivity index (χ1) is 9.65. The average Bonchev–Trinajstić information content (AvgIpc) is 2.87. The van der Waals surface area contributed by atoms with Gasteiger partial charge in [0, 0.05) is 11.4 Å². The van der Waals surface area contributed by atoms with Crippen molar-refractivity contribution in [3.63, 3.8) is 0 Å². The van der Waals surface area contributed by atoms with Crippen molar-refractivity contribution in [1.29, 1.82) is 0 Å². The van der Waals surface area contributed by atoms with Crippen LogP contribution in [0.15, 0.2) is 23.8 Å². The number of rotatable bonds is 5. The van der Waals surface area contributed by atoms with Crippen molar-refractivity contribution in [2.45, 2.75) is 45.1 Å². The van der Waals surface area contributed by atoms with Gasteiger partial charge in [-0.2, -0.15) is 0 Å². The summed E-state index contributed by atoms with van der Waals surface area (Å²) in [6.07, 6.45) is 8.25. The van der Waals surface area contributed by atoms with Gasteiger partial charge in [-0.25, -0.2) is 4.79 Å². The molecule has 110 valence electrons. The van der Waals surface area contributed by atoms with Crippen molar-refractivity contribution in [3.05, 3.63) is 33.0 Å². The highest BCUT2D eigenvalue weighted by Gasteiger charge is 2.11. The van der Waals surface area contributed by atoms with E-state index in [1.807, 2.05) is 19.1 Å². The number of hydrogen-bond donors (Lipinski definition) is 2. The summed E-state index contributed by atoms with van der Waals surface area (Å²) >= 11 is 7.39. The van der Waals surface area contributed by atoms with Gasteiger partial charge in [0.2, 0.25) is 0 Å². The van der Waals surface area contributed by atoms with Crippen LogP contribution in [0.4, 0.5) is 4.79 Å². The van der Waals surface area contributed by atoms with E-state index in [1.165, 1.54) is 42.6 Å². The molecule has 2 N–H and O–H groups in total. The smallest absolute Gasteiger partial charge is 0.315 e. The summed E-state index contributed by atoms with van der Waals surface area (Å²) in [7, 11) is 0. The Kier molecular flexibility index (Phi) is 5.92. The maximum Gasteiger partial charge on any atom is 0.315 e. The minimum Gasteiger partial charge on any atom is -0.338 e. The molecule has 2 rings (SSSR count). The number of halogens is 1. The quantitative estimate of drug-likeness (QED) is 0.763. The fraction of sp³-hybridized carbons (Fsp3) is 0.533. The third-order valence-corrected chi connectivity index (χ3v) is 4.90. The van der Waals surface area contributed by atoms with Crippen LogP contribution in [0.2, 0.25) is 4.34 Å². The van der Waals surface area contributed by atoms with Gasteiger partial charge >= 0.3 is 6.03 Å². The maximum absolute atomic E-state index is 11.8. The molecule has 3 nitrogen and oxygen atoms in total. The van der Waals surface area contributed by atoms with E-state index in [0.29, 0.717) is 6.54 Å². The monoisotopic (exact) mass is 312 g/mol. The Morgan fingerprint density at radius 1 is 1.45 bits per heavy atom. The van der Waals surface area contributed by atoms with Gasteiger partial charge in [0.15, 0.2) is 0 Å². The molecule has 0 saturated heterocycles. The second-order valence-electron chi connectivity index (χ2n) is 5.12. The Labute approximate surface area is 129 Å². The van der Waals surface area contributed by atoms with Crippen molar-refractivity contribution in [2.24, 2.45) is 0 Å². The molecule has 1 aliphatic rings. The molecule has 1 aromatic heterocycles. The van der Waals surface area contributed by atoms with E-state index in [-0.39, 0.29) is 12.1 Å². The van der Waals surface area contributed by atoms with Gasteiger partial charge in [0.25, 0.3) is 0 Å². The molecular formula is C15H21ClN2OS. The predicted octanol–water partition coefficient (Wildman–Crippen LogP) is 4.65. The lowest BCUT2D eigenvalue weighted by atomic mass is 9.97. The highest BCUT2D eigenvalue weighted by atomic mass is 35.5. The van der Waals surface area contributed by atoms with E-state index in [0.717, 1.165) is 15.6 Å². The van der Waals surface area contributed by atoms with Crippen LogP contribution in [0, 0.1) is 0 Å². The fourth-order valence-corrected chi connectivity index (χ4v) is 3.41. The Morgan fingerprint density at radius 3 is 2.95 bits per heavy atom. The lowest BCUT2D eigenvalue weighted by Gasteiger charge is -2.15. The highest BCUT2D eigenvalue weighted by molar-refractivity contribution is 7.16. The van der Waals surface area contributed by atoms with Crippen LogP contribution >= 0.6 is 22.9 Å². The third kappa shape index (κ3) is 4.84. The SMILES string of the molecule is CC(NC(=O)NCCC1=CCCCC1)c1ccc(Cl)s1. The van der Waals surface area contributed by atoms with Crippen LogP contribution in [0.5, 0.6) is 0 Å². The van der Waals surface area contributed by atoms with Gasteiger partial charge < -0.3 is 10.6 Å². The van der Waals surface area contributed by atoms with Crippen LogP contribution in [0.1, 0.15) is 49.9 Å². The van der Waals surface area contributed by atoms with E-state index in [2.05, 4.69) is 16.7 Å². The molecule has 0 radical (unpaired) electrons. The second-order valence-corrected chi connectivity index (χ2v) is 6.87. The van der Waals surface area contributed by atoms with E-state index in [9.17, 15) is 4.79 Å². The summed E-state index contributed by atoms with van der Waals surface area (Å²) in [4.78, 5) is 12.9. The van der Waals surface area contributed by atoms with Crippen LogP contribution in [0.25, 0.3) is 0 Å². The molecule has 2 amide bonds. The normalized spacial score (nSPS) is 16.4. The zero-order valence-corrected chi connectivity index (χ0v) is 13.3. The number of allylic oxidation sites excluding steroid dienone is 1. The Hall–Kier alpha value is -1.000. The van der Waals surface area contributed by atoms with Crippen molar-refractivity contribution in [1.82, 2.24) is 10.6 Å². The summed E-state index contributed by atoms with van der Waals surface area (Å²) in [5.41, 5.74) is 1.48. The first-order valence-corrected chi connectivity index (χ1v) is 8.32. The van der Waals surface area contributed by atoms with Crippen molar-refractivity contribution < 1.29 is 4.79 Å². The topological polar surface area (TPSA) is 41.1 Å². The summed E-state index contributed by atoms with van der Waals surface area (Å²) < 4.78 is 0.748. The highest BCUT2D eigenvalue weighted by Crippen LogP contribution is 2.26. The minimum atomic E-state index is -0.113.